The lowest BCUT2D eigenvalue weighted by molar-refractivity contribution is 0.0940. The lowest BCUT2D eigenvalue weighted by Crippen LogP contribution is -2.26. The standard InChI is InChI=1S/C14H13Cl2N3O/c1-8(9-2-4-11(15)5-3-9)18-14(20)10-6-12(16)19-13(17)7-10/h2-8H,1H3,(H2,17,19)(H,18,20). The van der Waals surface area contributed by atoms with E-state index in [2.05, 4.69) is 10.3 Å². The fourth-order valence-corrected chi connectivity index (χ4v) is 2.10. The molecule has 1 unspecified atom stereocenters. The van der Waals surface area contributed by atoms with Crippen LogP contribution in [-0.4, -0.2) is 10.9 Å². The van der Waals surface area contributed by atoms with Crippen molar-refractivity contribution >= 4 is 34.9 Å². The summed E-state index contributed by atoms with van der Waals surface area (Å²) in [5.41, 5.74) is 6.90. The molecule has 20 heavy (non-hydrogen) atoms. The Balaban J connectivity index is 2.12. The Labute approximate surface area is 126 Å². The number of benzene rings is 1. The molecule has 0 aliphatic heterocycles. The van der Waals surface area contributed by atoms with E-state index in [4.69, 9.17) is 28.9 Å². The van der Waals surface area contributed by atoms with Crippen LogP contribution in [0, 0.1) is 0 Å². The van der Waals surface area contributed by atoms with Crippen LogP contribution in [0.1, 0.15) is 28.9 Å². The van der Waals surface area contributed by atoms with Crippen molar-refractivity contribution in [3.63, 3.8) is 0 Å². The Kier molecular flexibility index (Phi) is 4.47. The lowest BCUT2D eigenvalue weighted by atomic mass is 10.1. The molecule has 0 spiro atoms. The summed E-state index contributed by atoms with van der Waals surface area (Å²) in [4.78, 5) is 15.9. The number of rotatable bonds is 3. The van der Waals surface area contributed by atoms with Gasteiger partial charge in [0, 0.05) is 10.6 Å². The van der Waals surface area contributed by atoms with Gasteiger partial charge in [0.25, 0.3) is 5.91 Å². The predicted molar refractivity (Wildman–Crippen MR) is 81.0 cm³/mol. The molecule has 0 aliphatic rings. The Bertz CT molecular complexity index is 609. The summed E-state index contributed by atoms with van der Waals surface area (Å²) in [7, 11) is 0. The molecule has 2 aromatic rings. The summed E-state index contributed by atoms with van der Waals surface area (Å²) in [6, 6.07) is 10.1. The van der Waals surface area contributed by atoms with Gasteiger partial charge in [-0.05, 0) is 36.8 Å². The fraction of sp³-hybridized carbons (Fsp3) is 0.143. The summed E-state index contributed by atoms with van der Waals surface area (Å²) in [5.74, 6) is -0.0507. The molecule has 104 valence electrons. The van der Waals surface area contributed by atoms with Gasteiger partial charge in [0.05, 0.1) is 6.04 Å². The van der Waals surface area contributed by atoms with Crippen molar-refractivity contribution in [2.45, 2.75) is 13.0 Å². The molecule has 1 aromatic carbocycles. The van der Waals surface area contributed by atoms with E-state index in [0.29, 0.717) is 10.6 Å². The van der Waals surface area contributed by atoms with E-state index in [-0.39, 0.29) is 22.9 Å². The molecule has 0 fully saturated rings. The number of anilines is 1. The number of amides is 1. The molecule has 1 heterocycles. The molecule has 4 nitrogen and oxygen atoms in total. The summed E-state index contributed by atoms with van der Waals surface area (Å²) < 4.78 is 0. The highest BCUT2D eigenvalue weighted by atomic mass is 35.5. The first-order valence-corrected chi connectivity index (χ1v) is 6.70. The second kappa shape index (κ2) is 6.11. The highest BCUT2D eigenvalue weighted by Crippen LogP contribution is 2.17. The van der Waals surface area contributed by atoms with E-state index in [1.165, 1.54) is 12.1 Å². The zero-order valence-corrected chi connectivity index (χ0v) is 12.2. The molecule has 0 aliphatic carbocycles. The van der Waals surface area contributed by atoms with Gasteiger partial charge >= 0.3 is 0 Å². The van der Waals surface area contributed by atoms with Crippen LogP contribution < -0.4 is 11.1 Å². The number of nitrogens with zero attached hydrogens (tertiary/aromatic N) is 1. The first-order valence-electron chi connectivity index (χ1n) is 5.95. The van der Waals surface area contributed by atoms with Crippen molar-refractivity contribution in [2.24, 2.45) is 0 Å². The monoisotopic (exact) mass is 309 g/mol. The van der Waals surface area contributed by atoms with Crippen molar-refractivity contribution in [3.05, 3.63) is 57.7 Å². The van der Waals surface area contributed by atoms with Crippen molar-refractivity contribution in [2.75, 3.05) is 5.73 Å². The molecule has 1 aromatic heterocycles. The number of nitrogens with two attached hydrogens (primary N) is 1. The van der Waals surface area contributed by atoms with Gasteiger partial charge in [0.15, 0.2) is 0 Å². The maximum absolute atomic E-state index is 12.1. The third-order valence-corrected chi connectivity index (χ3v) is 3.24. The maximum Gasteiger partial charge on any atom is 0.251 e. The van der Waals surface area contributed by atoms with E-state index >= 15 is 0 Å². The van der Waals surface area contributed by atoms with Gasteiger partial charge in [-0.1, -0.05) is 35.3 Å². The van der Waals surface area contributed by atoms with Gasteiger partial charge in [0.1, 0.15) is 11.0 Å². The lowest BCUT2D eigenvalue weighted by Gasteiger charge is -2.14. The summed E-state index contributed by atoms with van der Waals surface area (Å²) in [5, 5.41) is 3.71. The minimum Gasteiger partial charge on any atom is -0.384 e. The second-order valence-electron chi connectivity index (χ2n) is 4.35. The van der Waals surface area contributed by atoms with Gasteiger partial charge in [-0.2, -0.15) is 0 Å². The molecule has 0 saturated carbocycles. The molecular weight excluding hydrogens is 297 g/mol. The van der Waals surface area contributed by atoms with E-state index in [9.17, 15) is 4.79 Å². The van der Waals surface area contributed by atoms with E-state index in [0.717, 1.165) is 5.56 Å². The van der Waals surface area contributed by atoms with Crippen LogP contribution in [0.3, 0.4) is 0 Å². The maximum atomic E-state index is 12.1. The molecule has 1 amide bonds. The molecule has 0 bridgehead atoms. The van der Waals surface area contributed by atoms with Gasteiger partial charge < -0.3 is 11.1 Å². The number of hydrogen-bond donors (Lipinski definition) is 2. The summed E-state index contributed by atoms with van der Waals surface area (Å²) in [6.45, 7) is 1.88. The van der Waals surface area contributed by atoms with Gasteiger partial charge in [-0.25, -0.2) is 4.98 Å². The van der Waals surface area contributed by atoms with Crippen LogP contribution in [0.5, 0.6) is 0 Å². The number of carbonyl (C=O) groups excluding carboxylic acids is 1. The topological polar surface area (TPSA) is 68.0 Å². The number of aromatic nitrogens is 1. The van der Waals surface area contributed by atoms with Gasteiger partial charge in [-0.3, -0.25) is 4.79 Å². The van der Waals surface area contributed by atoms with Crippen molar-refractivity contribution in [1.29, 1.82) is 0 Å². The molecular formula is C14H13Cl2N3O. The average Bonchev–Trinajstić information content (AvgIpc) is 2.38. The quantitative estimate of drug-likeness (QED) is 0.853. The van der Waals surface area contributed by atoms with E-state index in [1.807, 2.05) is 19.1 Å². The zero-order valence-electron chi connectivity index (χ0n) is 10.7. The Morgan fingerprint density at radius 1 is 1.25 bits per heavy atom. The van der Waals surface area contributed by atoms with E-state index in [1.54, 1.807) is 12.1 Å². The number of nitrogen functional groups attached to an aromatic ring is 1. The van der Waals surface area contributed by atoms with Crippen LogP contribution in [0.2, 0.25) is 10.2 Å². The highest BCUT2D eigenvalue weighted by Gasteiger charge is 2.13. The number of nitrogens with one attached hydrogen (secondary N) is 1. The normalized spacial score (nSPS) is 11.9. The smallest absolute Gasteiger partial charge is 0.251 e. The minimum absolute atomic E-state index is 0.159. The third-order valence-electron chi connectivity index (χ3n) is 2.79. The van der Waals surface area contributed by atoms with Crippen LogP contribution >= 0.6 is 23.2 Å². The van der Waals surface area contributed by atoms with E-state index < -0.39 is 0 Å². The number of hydrogen-bond acceptors (Lipinski definition) is 3. The second-order valence-corrected chi connectivity index (χ2v) is 5.17. The molecule has 0 saturated heterocycles. The van der Waals surface area contributed by atoms with Gasteiger partial charge in [0.2, 0.25) is 0 Å². The average molecular weight is 310 g/mol. The van der Waals surface area contributed by atoms with Crippen LogP contribution in [0.25, 0.3) is 0 Å². The van der Waals surface area contributed by atoms with Gasteiger partial charge in [-0.15, -0.1) is 0 Å². The number of halogens is 2. The first kappa shape index (κ1) is 14.6. The molecule has 1 atom stereocenters. The fourth-order valence-electron chi connectivity index (χ4n) is 1.76. The molecule has 0 radical (unpaired) electrons. The molecule has 3 N–H and O–H groups in total. The van der Waals surface area contributed by atoms with Crippen LogP contribution in [0.4, 0.5) is 5.82 Å². The highest BCUT2D eigenvalue weighted by molar-refractivity contribution is 6.30. The largest absolute Gasteiger partial charge is 0.384 e. The SMILES string of the molecule is CC(NC(=O)c1cc(N)nc(Cl)c1)c1ccc(Cl)cc1. The Morgan fingerprint density at radius 3 is 2.50 bits per heavy atom. The van der Waals surface area contributed by atoms with Crippen LogP contribution in [-0.2, 0) is 0 Å². The van der Waals surface area contributed by atoms with Crippen molar-refractivity contribution in [1.82, 2.24) is 10.3 Å². The van der Waals surface area contributed by atoms with Crippen molar-refractivity contribution < 1.29 is 4.79 Å². The Morgan fingerprint density at radius 2 is 1.90 bits per heavy atom. The third kappa shape index (κ3) is 3.62. The zero-order chi connectivity index (χ0) is 14.7. The number of carbonyl (C=O) groups is 1. The molecule has 6 heteroatoms. The van der Waals surface area contributed by atoms with Crippen molar-refractivity contribution in [3.8, 4) is 0 Å². The first-order chi connectivity index (χ1) is 9.45. The summed E-state index contributed by atoms with van der Waals surface area (Å²) in [6.07, 6.45) is 0. The minimum atomic E-state index is -0.261. The van der Waals surface area contributed by atoms with Crippen LogP contribution in [0.15, 0.2) is 36.4 Å². The number of pyridine rings is 1. The molecule has 2 rings (SSSR count). The Hall–Kier alpha value is -1.78. The summed E-state index contributed by atoms with van der Waals surface area (Å²) >= 11 is 11.6. The predicted octanol–water partition coefficient (Wildman–Crippen LogP) is 3.46.